The molecule has 1 N–H and O–H groups in total. The average Bonchev–Trinajstić information content (AvgIpc) is 3.00. The van der Waals surface area contributed by atoms with E-state index in [0.29, 0.717) is 20.8 Å². The first-order valence-corrected chi connectivity index (χ1v) is 8.56. The van der Waals surface area contributed by atoms with Crippen molar-refractivity contribution in [2.24, 2.45) is 0 Å². The van der Waals surface area contributed by atoms with E-state index < -0.39 is 10.0 Å². The molecule has 3 rings (SSSR count). The number of hydrogen-bond acceptors (Lipinski definition) is 6. The molecular weight excluding hydrogens is 334 g/mol. The van der Waals surface area contributed by atoms with E-state index in [9.17, 15) is 8.42 Å². The number of fused-ring (bicyclic) bond motifs is 1. The lowest BCUT2D eigenvalue weighted by molar-refractivity contribution is 0.580. The van der Waals surface area contributed by atoms with Crippen molar-refractivity contribution in [3.63, 3.8) is 0 Å². The van der Waals surface area contributed by atoms with Crippen LogP contribution in [0.5, 0.6) is 0 Å². The van der Waals surface area contributed by atoms with Gasteiger partial charge in [0.05, 0.1) is 11.4 Å². The average molecular weight is 344 g/mol. The van der Waals surface area contributed by atoms with Crippen molar-refractivity contribution in [3.05, 3.63) is 40.1 Å². The molecule has 2 aromatic heterocycles. The number of aromatic nitrogens is 4. The topological polar surface area (TPSA) is 89.2 Å². The fraction of sp³-hybridized carbons (Fsp3) is 0.182. The maximum absolute atomic E-state index is 12.1. The highest BCUT2D eigenvalue weighted by Gasteiger charge is 2.15. The number of hydrogen-bond donors (Lipinski definition) is 1. The first-order valence-electron chi connectivity index (χ1n) is 5.89. The van der Waals surface area contributed by atoms with Crippen molar-refractivity contribution in [1.82, 2.24) is 24.5 Å². The van der Waals surface area contributed by atoms with Crippen LogP contribution in [0.2, 0.25) is 5.02 Å². The molecule has 0 saturated heterocycles. The smallest absolute Gasteiger partial charge is 0.207 e. The lowest BCUT2D eigenvalue weighted by Crippen LogP contribution is -2.23. The van der Waals surface area contributed by atoms with Crippen molar-refractivity contribution in [2.75, 3.05) is 0 Å². The molecule has 0 fully saturated rings. The Kier molecular flexibility index (Phi) is 3.66. The monoisotopic (exact) mass is 343 g/mol. The highest BCUT2D eigenvalue weighted by atomic mass is 35.5. The maximum Gasteiger partial charge on any atom is 0.240 e. The molecular formula is C11H10ClN5O2S2. The molecule has 10 heteroatoms. The van der Waals surface area contributed by atoms with Gasteiger partial charge in [-0.25, -0.2) is 13.1 Å². The first kappa shape index (κ1) is 14.4. The Morgan fingerprint density at radius 3 is 2.67 bits per heavy atom. The standard InChI is InChI=1S/C11H10ClN5O2S2/c1-7-14-15-11-17(7)16-10(20-11)6-13-21(18,19)9-4-2-8(12)3-5-9/h2-5,13H,6H2,1H3. The second-order valence-electron chi connectivity index (χ2n) is 4.22. The van der Waals surface area contributed by atoms with Gasteiger partial charge in [0, 0.05) is 5.02 Å². The van der Waals surface area contributed by atoms with Crippen LogP contribution in [0.4, 0.5) is 0 Å². The van der Waals surface area contributed by atoms with Crippen molar-refractivity contribution >= 4 is 37.9 Å². The van der Waals surface area contributed by atoms with Crippen LogP contribution in [0.1, 0.15) is 10.8 Å². The van der Waals surface area contributed by atoms with Crippen LogP contribution in [0, 0.1) is 6.92 Å². The molecule has 0 unspecified atom stereocenters. The minimum absolute atomic E-state index is 0.0957. The number of aryl methyl sites for hydroxylation is 1. The third kappa shape index (κ3) is 2.91. The van der Waals surface area contributed by atoms with Crippen LogP contribution in [0.15, 0.2) is 29.2 Å². The fourth-order valence-electron chi connectivity index (χ4n) is 1.68. The van der Waals surface area contributed by atoms with Gasteiger partial charge in [-0.1, -0.05) is 22.9 Å². The van der Waals surface area contributed by atoms with E-state index in [1.165, 1.54) is 35.6 Å². The Labute approximate surface area is 129 Å². The molecule has 110 valence electrons. The summed E-state index contributed by atoms with van der Waals surface area (Å²) in [5.74, 6) is 0.660. The molecule has 0 spiro atoms. The van der Waals surface area contributed by atoms with Gasteiger partial charge in [0.1, 0.15) is 5.01 Å². The van der Waals surface area contributed by atoms with E-state index in [-0.39, 0.29) is 11.4 Å². The van der Waals surface area contributed by atoms with Crippen molar-refractivity contribution in [1.29, 1.82) is 0 Å². The quantitative estimate of drug-likeness (QED) is 0.777. The fourth-order valence-corrected chi connectivity index (χ4v) is 3.70. The van der Waals surface area contributed by atoms with Crippen LogP contribution >= 0.6 is 22.9 Å². The lowest BCUT2D eigenvalue weighted by atomic mass is 10.4. The molecule has 0 bridgehead atoms. The van der Waals surface area contributed by atoms with Crippen LogP contribution in [0.25, 0.3) is 4.96 Å². The summed E-state index contributed by atoms with van der Waals surface area (Å²) in [5, 5.41) is 13.1. The second kappa shape index (κ2) is 5.34. The maximum atomic E-state index is 12.1. The normalized spacial score (nSPS) is 12.1. The molecule has 0 saturated carbocycles. The van der Waals surface area contributed by atoms with Gasteiger partial charge in [0.25, 0.3) is 0 Å². The lowest BCUT2D eigenvalue weighted by Gasteiger charge is -2.04. The molecule has 0 radical (unpaired) electrons. The summed E-state index contributed by atoms with van der Waals surface area (Å²) >= 11 is 7.03. The van der Waals surface area contributed by atoms with Gasteiger partial charge in [-0.3, -0.25) is 0 Å². The molecule has 1 aromatic carbocycles. The highest BCUT2D eigenvalue weighted by Crippen LogP contribution is 2.16. The first-order chi connectivity index (χ1) is 9.95. The predicted molar refractivity (Wildman–Crippen MR) is 78.9 cm³/mol. The van der Waals surface area contributed by atoms with Gasteiger partial charge < -0.3 is 0 Å². The molecule has 3 aromatic rings. The van der Waals surface area contributed by atoms with Crippen molar-refractivity contribution in [2.45, 2.75) is 18.4 Å². The summed E-state index contributed by atoms with van der Waals surface area (Å²) in [6, 6.07) is 5.96. The Hall–Kier alpha value is -1.55. The molecule has 0 atom stereocenters. The van der Waals surface area contributed by atoms with Crippen LogP contribution in [-0.4, -0.2) is 28.2 Å². The van der Waals surface area contributed by atoms with E-state index in [0.717, 1.165) is 0 Å². The Morgan fingerprint density at radius 2 is 2.00 bits per heavy atom. The molecule has 2 heterocycles. The number of nitrogens with one attached hydrogen (secondary N) is 1. The predicted octanol–water partition coefficient (Wildman–Crippen LogP) is 1.63. The van der Waals surface area contributed by atoms with Crippen molar-refractivity contribution < 1.29 is 8.42 Å². The number of rotatable bonds is 4. The molecule has 0 aliphatic carbocycles. The zero-order valence-corrected chi connectivity index (χ0v) is 13.2. The number of benzene rings is 1. The van der Waals surface area contributed by atoms with Gasteiger partial charge in [-0.05, 0) is 31.2 Å². The van der Waals surface area contributed by atoms with Crippen molar-refractivity contribution in [3.8, 4) is 0 Å². The zero-order chi connectivity index (χ0) is 15.0. The molecule has 0 aliphatic rings. The zero-order valence-electron chi connectivity index (χ0n) is 10.8. The number of nitrogens with zero attached hydrogens (tertiary/aromatic N) is 4. The SMILES string of the molecule is Cc1nnc2sc(CNS(=O)(=O)c3ccc(Cl)cc3)nn12. The van der Waals surface area contributed by atoms with E-state index >= 15 is 0 Å². The van der Waals surface area contributed by atoms with Crippen LogP contribution in [0.3, 0.4) is 0 Å². The van der Waals surface area contributed by atoms with E-state index in [1.807, 2.05) is 0 Å². The van der Waals surface area contributed by atoms with Crippen LogP contribution in [-0.2, 0) is 16.6 Å². The minimum atomic E-state index is -3.59. The second-order valence-corrected chi connectivity index (χ2v) is 7.46. The van der Waals surface area contributed by atoms with E-state index in [2.05, 4.69) is 20.0 Å². The Bertz CT molecular complexity index is 885. The van der Waals surface area contributed by atoms with Crippen LogP contribution < -0.4 is 4.72 Å². The summed E-state index contributed by atoms with van der Waals surface area (Å²) in [7, 11) is -3.59. The molecule has 0 amide bonds. The van der Waals surface area contributed by atoms with Gasteiger partial charge in [0.2, 0.25) is 15.0 Å². The van der Waals surface area contributed by atoms with Gasteiger partial charge in [-0.15, -0.1) is 10.2 Å². The summed E-state index contributed by atoms with van der Waals surface area (Å²) in [4.78, 5) is 0.791. The third-order valence-corrected chi connectivity index (χ3v) is 5.29. The largest absolute Gasteiger partial charge is 0.240 e. The summed E-state index contributed by atoms with van der Waals surface area (Å²) in [5.41, 5.74) is 0. The highest BCUT2D eigenvalue weighted by molar-refractivity contribution is 7.89. The number of halogens is 1. The van der Waals surface area contributed by atoms with Gasteiger partial charge in [0.15, 0.2) is 5.82 Å². The Balaban J connectivity index is 1.78. The molecule has 7 nitrogen and oxygen atoms in total. The third-order valence-electron chi connectivity index (χ3n) is 2.73. The van der Waals surface area contributed by atoms with E-state index in [1.54, 1.807) is 11.4 Å². The minimum Gasteiger partial charge on any atom is -0.207 e. The van der Waals surface area contributed by atoms with Gasteiger partial charge >= 0.3 is 0 Å². The number of sulfonamides is 1. The summed E-state index contributed by atoms with van der Waals surface area (Å²) < 4.78 is 28.3. The summed E-state index contributed by atoms with van der Waals surface area (Å²) in [6.07, 6.45) is 0. The summed E-state index contributed by atoms with van der Waals surface area (Å²) in [6.45, 7) is 1.87. The van der Waals surface area contributed by atoms with E-state index in [4.69, 9.17) is 11.6 Å². The van der Waals surface area contributed by atoms with Gasteiger partial charge in [-0.2, -0.15) is 9.61 Å². The molecule has 21 heavy (non-hydrogen) atoms. The molecule has 0 aliphatic heterocycles. The Morgan fingerprint density at radius 1 is 1.29 bits per heavy atom.